The SMILES string of the molecule is CCc1c(C)nc(-c2ccccc2)nc1N1CCCNCC1. The molecule has 2 aromatic rings. The van der Waals surface area contributed by atoms with Crippen molar-refractivity contribution < 1.29 is 0 Å². The Balaban J connectivity index is 2.04. The van der Waals surface area contributed by atoms with Gasteiger partial charge in [0, 0.05) is 36.5 Å². The lowest BCUT2D eigenvalue weighted by molar-refractivity contribution is 0.724. The average Bonchev–Trinajstić information content (AvgIpc) is 2.84. The van der Waals surface area contributed by atoms with Crippen molar-refractivity contribution in [3.05, 3.63) is 41.6 Å². The molecule has 0 atom stereocenters. The Morgan fingerprint density at radius 1 is 1.09 bits per heavy atom. The number of hydrogen-bond acceptors (Lipinski definition) is 4. The van der Waals surface area contributed by atoms with E-state index in [0.29, 0.717) is 0 Å². The van der Waals surface area contributed by atoms with Gasteiger partial charge in [-0.2, -0.15) is 0 Å². The second kappa shape index (κ2) is 6.88. The topological polar surface area (TPSA) is 41.1 Å². The second-order valence-corrected chi connectivity index (χ2v) is 5.74. The molecule has 1 aliphatic rings. The van der Waals surface area contributed by atoms with Crippen LogP contribution in [0.3, 0.4) is 0 Å². The minimum atomic E-state index is 0.836. The maximum absolute atomic E-state index is 4.93. The molecular formula is C18H24N4. The number of aromatic nitrogens is 2. The van der Waals surface area contributed by atoms with Gasteiger partial charge in [-0.3, -0.25) is 0 Å². The molecule has 0 bridgehead atoms. The number of benzene rings is 1. The standard InChI is InChI=1S/C18H24N4/c1-3-16-14(2)20-17(15-8-5-4-6-9-15)21-18(16)22-12-7-10-19-11-13-22/h4-6,8-9,19H,3,7,10-13H2,1-2H3. The lowest BCUT2D eigenvalue weighted by Gasteiger charge is -2.25. The highest BCUT2D eigenvalue weighted by molar-refractivity contribution is 5.60. The van der Waals surface area contributed by atoms with Gasteiger partial charge in [-0.05, 0) is 26.3 Å². The van der Waals surface area contributed by atoms with Gasteiger partial charge in [-0.1, -0.05) is 37.3 Å². The summed E-state index contributed by atoms with van der Waals surface area (Å²) in [5.74, 6) is 1.96. The maximum atomic E-state index is 4.93. The zero-order valence-corrected chi connectivity index (χ0v) is 13.5. The number of aryl methyl sites for hydroxylation is 1. The number of nitrogens with zero attached hydrogens (tertiary/aromatic N) is 3. The van der Waals surface area contributed by atoms with Crippen LogP contribution in [0.2, 0.25) is 0 Å². The molecule has 0 saturated carbocycles. The second-order valence-electron chi connectivity index (χ2n) is 5.74. The summed E-state index contributed by atoms with van der Waals surface area (Å²) in [5, 5.41) is 3.46. The first-order valence-electron chi connectivity index (χ1n) is 8.18. The van der Waals surface area contributed by atoms with Gasteiger partial charge in [0.15, 0.2) is 5.82 Å². The van der Waals surface area contributed by atoms with Gasteiger partial charge >= 0.3 is 0 Å². The Labute approximate surface area is 132 Å². The van der Waals surface area contributed by atoms with E-state index in [1.165, 1.54) is 5.56 Å². The fraction of sp³-hybridized carbons (Fsp3) is 0.444. The van der Waals surface area contributed by atoms with E-state index in [1.54, 1.807) is 0 Å². The Hall–Kier alpha value is -1.94. The van der Waals surface area contributed by atoms with Crippen LogP contribution in [0.5, 0.6) is 0 Å². The van der Waals surface area contributed by atoms with Gasteiger partial charge in [0.2, 0.25) is 0 Å². The Kier molecular flexibility index (Phi) is 4.68. The first-order chi connectivity index (χ1) is 10.8. The maximum Gasteiger partial charge on any atom is 0.161 e. The van der Waals surface area contributed by atoms with Gasteiger partial charge in [0.1, 0.15) is 5.82 Å². The summed E-state index contributed by atoms with van der Waals surface area (Å²) < 4.78 is 0. The molecule has 4 heteroatoms. The molecule has 1 N–H and O–H groups in total. The van der Waals surface area contributed by atoms with E-state index >= 15 is 0 Å². The lowest BCUT2D eigenvalue weighted by Crippen LogP contribution is -2.30. The van der Waals surface area contributed by atoms with Crippen LogP contribution in [-0.4, -0.2) is 36.1 Å². The molecule has 1 saturated heterocycles. The molecule has 116 valence electrons. The molecule has 0 amide bonds. The largest absolute Gasteiger partial charge is 0.355 e. The third-order valence-corrected chi connectivity index (χ3v) is 4.22. The van der Waals surface area contributed by atoms with Crippen LogP contribution >= 0.6 is 0 Å². The molecule has 0 unspecified atom stereocenters. The van der Waals surface area contributed by atoms with Crippen molar-refractivity contribution in [1.29, 1.82) is 0 Å². The summed E-state index contributed by atoms with van der Waals surface area (Å²) in [6.45, 7) is 8.47. The van der Waals surface area contributed by atoms with Crippen LogP contribution in [-0.2, 0) is 6.42 Å². The highest BCUT2D eigenvalue weighted by Crippen LogP contribution is 2.26. The molecule has 22 heavy (non-hydrogen) atoms. The fourth-order valence-electron chi connectivity index (χ4n) is 3.03. The number of anilines is 1. The molecule has 1 aromatic heterocycles. The van der Waals surface area contributed by atoms with Crippen molar-refractivity contribution >= 4 is 5.82 Å². The zero-order chi connectivity index (χ0) is 15.4. The van der Waals surface area contributed by atoms with E-state index in [-0.39, 0.29) is 0 Å². The van der Waals surface area contributed by atoms with Crippen LogP contribution in [0, 0.1) is 6.92 Å². The van der Waals surface area contributed by atoms with Crippen molar-refractivity contribution in [3.63, 3.8) is 0 Å². The third-order valence-electron chi connectivity index (χ3n) is 4.22. The molecule has 1 aromatic carbocycles. The van der Waals surface area contributed by atoms with Gasteiger partial charge in [-0.25, -0.2) is 9.97 Å². The molecule has 0 spiro atoms. The monoisotopic (exact) mass is 296 g/mol. The molecule has 2 heterocycles. The number of rotatable bonds is 3. The van der Waals surface area contributed by atoms with Crippen LogP contribution < -0.4 is 10.2 Å². The van der Waals surface area contributed by atoms with Gasteiger partial charge in [-0.15, -0.1) is 0 Å². The van der Waals surface area contributed by atoms with E-state index in [9.17, 15) is 0 Å². The van der Waals surface area contributed by atoms with Crippen LogP contribution in [0.25, 0.3) is 11.4 Å². The fourth-order valence-corrected chi connectivity index (χ4v) is 3.03. The van der Waals surface area contributed by atoms with Crippen molar-refractivity contribution in [3.8, 4) is 11.4 Å². The van der Waals surface area contributed by atoms with Crippen molar-refractivity contribution in [2.24, 2.45) is 0 Å². The number of hydrogen-bond donors (Lipinski definition) is 1. The highest BCUT2D eigenvalue weighted by Gasteiger charge is 2.18. The van der Waals surface area contributed by atoms with Crippen molar-refractivity contribution in [2.75, 3.05) is 31.1 Å². The molecule has 1 aliphatic heterocycles. The Morgan fingerprint density at radius 2 is 1.91 bits per heavy atom. The molecule has 0 aliphatic carbocycles. The number of nitrogens with one attached hydrogen (secondary N) is 1. The molecule has 4 nitrogen and oxygen atoms in total. The summed E-state index contributed by atoms with van der Waals surface area (Å²) >= 11 is 0. The van der Waals surface area contributed by atoms with E-state index in [4.69, 9.17) is 9.97 Å². The predicted molar refractivity (Wildman–Crippen MR) is 91.3 cm³/mol. The van der Waals surface area contributed by atoms with Gasteiger partial charge in [0.25, 0.3) is 0 Å². The first-order valence-corrected chi connectivity index (χ1v) is 8.18. The van der Waals surface area contributed by atoms with E-state index < -0.39 is 0 Å². The third kappa shape index (κ3) is 3.12. The molecule has 1 fully saturated rings. The quantitative estimate of drug-likeness (QED) is 0.945. The lowest BCUT2D eigenvalue weighted by atomic mass is 10.1. The zero-order valence-electron chi connectivity index (χ0n) is 13.5. The van der Waals surface area contributed by atoms with Crippen molar-refractivity contribution in [1.82, 2.24) is 15.3 Å². The van der Waals surface area contributed by atoms with Crippen molar-refractivity contribution in [2.45, 2.75) is 26.7 Å². The molecular weight excluding hydrogens is 272 g/mol. The summed E-state index contributed by atoms with van der Waals surface area (Å²) in [6, 6.07) is 10.3. The normalized spacial score (nSPS) is 15.6. The predicted octanol–water partition coefficient (Wildman–Crippen LogP) is 2.81. The summed E-state index contributed by atoms with van der Waals surface area (Å²) in [7, 11) is 0. The average molecular weight is 296 g/mol. The Morgan fingerprint density at radius 3 is 2.68 bits per heavy atom. The minimum absolute atomic E-state index is 0.836. The first kappa shape index (κ1) is 15.0. The van der Waals surface area contributed by atoms with Gasteiger partial charge < -0.3 is 10.2 Å². The smallest absolute Gasteiger partial charge is 0.161 e. The summed E-state index contributed by atoms with van der Waals surface area (Å²) in [6.07, 6.45) is 2.13. The minimum Gasteiger partial charge on any atom is -0.355 e. The Bertz CT molecular complexity index is 616. The van der Waals surface area contributed by atoms with Crippen LogP contribution in [0.1, 0.15) is 24.6 Å². The van der Waals surface area contributed by atoms with E-state index in [1.807, 2.05) is 18.2 Å². The van der Waals surface area contributed by atoms with Crippen LogP contribution in [0.4, 0.5) is 5.82 Å². The molecule has 3 rings (SSSR count). The van der Waals surface area contributed by atoms with E-state index in [2.05, 4.69) is 36.2 Å². The van der Waals surface area contributed by atoms with Gasteiger partial charge in [0.05, 0.1) is 0 Å². The van der Waals surface area contributed by atoms with E-state index in [0.717, 1.165) is 61.9 Å². The van der Waals surface area contributed by atoms with Crippen LogP contribution in [0.15, 0.2) is 30.3 Å². The molecule has 0 radical (unpaired) electrons. The summed E-state index contributed by atoms with van der Waals surface area (Å²) in [4.78, 5) is 12.1. The summed E-state index contributed by atoms with van der Waals surface area (Å²) in [5.41, 5.74) is 3.47. The highest BCUT2D eigenvalue weighted by atomic mass is 15.2.